The SMILES string of the molecule is Clc1ccc(C2(C3(c4ccc(Cl)cc4Cl)N=C(c4ccccc4)C(c4ccccc4)(c4ccccc4)N3)N=CC(c3ccccc3)=N2)c(Cl)c1. The standard InChI is InChI=1S/C42H28Cl4N4/c43-32-21-23-34(36(45)25-32)41(47-27-38(48-41)28-13-5-1-6-14-28)42(35-24-22-33(44)26-37(35)46)49-39(29-15-7-2-8-16-29)40(50-42,30-17-9-3-10-18-30)31-19-11-4-12-20-31/h1-27,50H. The lowest BCUT2D eigenvalue weighted by Crippen LogP contribution is -2.59. The van der Waals surface area contributed by atoms with Crippen LogP contribution in [0, 0.1) is 0 Å². The molecule has 2 heterocycles. The third kappa shape index (κ3) is 5.22. The van der Waals surface area contributed by atoms with Crippen molar-refractivity contribution in [2.75, 3.05) is 0 Å². The lowest BCUT2D eigenvalue weighted by atomic mass is 9.75. The molecule has 1 N–H and O–H groups in total. The maximum atomic E-state index is 7.28. The van der Waals surface area contributed by atoms with Gasteiger partial charge in [-0.25, -0.2) is 4.99 Å². The number of aliphatic imine (C=N–C) groups is 3. The predicted octanol–water partition coefficient (Wildman–Crippen LogP) is 10.9. The number of hydrogen-bond acceptors (Lipinski definition) is 4. The fraction of sp³-hybridized carbons (Fsp3) is 0.0714. The topological polar surface area (TPSA) is 49.1 Å². The second kappa shape index (κ2) is 13.0. The van der Waals surface area contributed by atoms with Crippen LogP contribution in [0.3, 0.4) is 0 Å². The van der Waals surface area contributed by atoms with Crippen LogP contribution in [-0.4, -0.2) is 17.6 Å². The predicted molar refractivity (Wildman–Crippen MR) is 208 cm³/mol. The normalized spacial score (nSPS) is 20.8. The van der Waals surface area contributed by atoms with Crippen LogP contribution in [0.5, 0.6) is 0 Å². The molecule has 6 aromatic carbocycles. The molecule has 2 aliphatic rings. The Labute approximate surface area is 310 Å². The van der Waals surface area contributed by atoms with Gasteiger partial charge in [-0.15, -0.1) is 0 Å². The number of halogens is 4. The average Bonchev–Trinajstić information content (AvgIpc) is 3.77. The maximum absolute atomic E-state index is 7.28. The van der Waals surface area contributed by atoms with Crippen LogP contribution in [-0.2, 0) is 16.9 Å². The summed E-state index contributed by atoms with van der Waals surface area (Å²) in [5, 5.41) is 5.87. The van der Waals surface area contributed by atoms with Crippen LogP contribution in [0.25, 0.3) is 0 Å². The van der Waals surface area contributed by atoms with Crippen LogP contribution in [0.1, 0.15) is 33.4 Å². The van der Waals surface area contributed by atoms with Crippen molar-refractivity contribution >= 4 is 64.0 Å². The van der Waals surface area contributed by atoms with Crippen LogP contribution >= 0.6 is 46.4 Å². The molecule has 2 atom stereocenters. The minimum absolute atomic E-state index is 0.382. The van der Waals surface area contributed by atoms with E-state index in [1.807, 2.05) is 103 Å². The molecule has 0 amide bonds. The first-order valence-corrected chi connectivity index (χ1v) is 17.6. The van der Waals surface area contributed by atoms with Gasteiger partial charge in [-0.05, 0) is 41.0 Å². The lowest BCUT2D eigenvalue weighted by molar-refractivity contribution is 0.181. The highest BCUT2D eigenvalue weighted by Crippen LogP contribution is 2.57. The molecule has 2 aliphatic heterocycles. The molecule has 0 saturated heterocycles. The number of hydrogen-bond donors (Lipinski definition) is 1. The highest BCUT2D eigenvalue weighted by atomic mass is 35.5. The van der Waals surface area contributed by atoms with Crippen molar-refractivity contribution in [3.63, 3.8) is 0 Å². The molecule has 0 aliphatic carbocycles. The Morgan fingerprint density at radius 1 is 0.480 bits per heavy atom. The molecule has 50 heavy (non-hydrogen) atoms. The van der Waals surface area contributed by atoms with E-state index in [1.165, 1.54) is 0 Å². The molecule has 4 nitrogen and oxygen atoms in total. The molecule has 2 unspecified atom stereocenters. The second-order valence-corrected chi connectivity index (χ2v) is 13.9. The van der Waals surface area contributed by atoms with Gasteiger partial charge in [-0.3, -0.25) is 15.3 Å². The fourth-order valence-corrected chi connectivity index (χ4v) is 8.20. The van der Waals surface area contributed by atoms with E-state index in [1.54, 1.807) is 24.4 Å². The third-order valence-electron chi connectivity index (χ3n) is 9.32. The molecule has 0 spiro atoms. The first kappa shape index (κ1) is 32.6. The molecule has 8 heteroatoms. The van der Waals surface area contributed by atoms with Crippen LogP contribution in [0.2, 0.25) is 20.1 Å². The Balaban J connectivity index is 1.55. The Kier molecular flexibility index (Phi) is 8.46. The average molecular weight is 731 g/mol. The van der Waals surface area contributed by atoms with E-state index < -0.39 is 16.9 Å². The highest BCUT2D eigenvalue weighted by molar-refractivity contribution is 6.40. The summed E-state index contributed by atoms with van der Waals surface area (Å²) in [6.07, 6.45) is 1.79. The minimum Gasteiger partial charge on any atom is -0.267 e. The number of benzene rings is 6. The molecule has 6 aromatic rings. The summed E-state index contributed by atoms with van der Waals surface area (Å²) in [4.78, 5) is 16.7. The van der Waals surface area contributed by atoms with Gasteiger partial charge in [0.2, 0.25) is 5.66 Å². The first-order valence-electron chi connectivity index (χ1n) is 16.0. The van der Waals surface area contributed by atoms with Crippen molar-refractivity contribution in [3.05, 3.63) is 211 Å². The zero-order valence-electron chi connectivity index (χ0n) is 26.4. The van der Waals surface area contributed by atoms with E-state index >= 15 is 0 Å². The van der Waals surface area contributed by atoms with E-state index in [0.717, 1.165) is 28.0 Å². The van der Waals surface area contributed by atoms with E-state index in [9.17, 15) is 0 Å². The van der Waals surface area contributed by atoms with Gasteiger partial charge in [0.15, 0.2) is 5.66 Å². The molecule has 8 rings (SSSR count). The van der Waals surface area contributed by atoms with Crippen molar-refractivity contribution in [2.24, 2.45) is 15.0 Å². The van der Waals surface area contributed by atoms with Crippen molar-refractivity contribution in [2.45, 2.75) is 16.9 Å². The summed E-state index contributed by atoms with van der Waals surface area (Å²) in [6, 6.07) is 51.5. The van der Waals surface area contributed by atoms with E-state index in [0.29, 0.717) is 36.9 Å². The zero-order chi connectivity index (χ0) is 34.3. The quantitative estimate of drug-likeness (QED) is 0.175. The Hall–Kier alpha value is -4.55. The van der Waals surface area contributed by atoms with Gasteiger partial charge in [0.25, 0.3) is 0 Å². The Morgan fingerprint density at radius 3 is 1.48 bits per heavy atom. The zero-order valence-corrected chi connectivity index (χ0v) is 29.5. The van der Waals surface area contributed by atoms with Crippen LogP contribution in [0.4, 0.5) is 0 Å². The highest BCUT2D eigenvalue weighted by Gasteiger charge is 2.65. The van der Waals surface area contributed by atoms with Crippen LogP contribution in [0.15, 0.2) is 173 Å². The third-order valence-corrected chi connectivity index (χ3v) is 10.4. The second-order valence-electron chi connectivity index (χ2n) is 12.2. The summed E-state index contributed by atoms with van der Waals surface area (Å²) in [6.45, 7) is 0. The smallest absolute Gasteiger partial charge is 0.220 e. The van der Waals surface area contributed by atoms with Gasteiger partial charge in [0.1, 0.15) is 5.54 Å². The van der Waals surface area contributed by atoms with Crippen molar-refractivity contribution < 1.29 is 0 Å². The molecule has 0 radical (unpaired) electrons. The van der Waals surface area contributed by atoms with Crippen molar-refractivity contribution in [3.8, 4) is 0 Å². The van der Waals surface area contributed by atoms with Gasteiger partial charge >= 0.3 is 0 Å². The number of nitrogens with zero attached hydrogens (tertiary/aromatic N) is 3. The van der Waals surface area contributed by atoms with E-state index in [4.69, 9.17) is 61.4 Å². The summed E-state index contributed by atoms with van der Waals surface area (Å²) in [5.74, 6) is 0. The monoisotopic (exact) mass is 728 g/mol. The Morgan fingerprint density at radius 2 is 0.960 bits per heavy atom. The molecular weight excluding hydrogens is 702 g/mol. The molecule has 0 saturated carbocycles. The molecule has 0 aromatic heterocycles. The fourth-order valence-electron chi connectivity index (χ4n) is 7.12. The number of nitrogens with one attached hydrogen (secondary N) is 1. The van der Waals surface area contributed by atoms with Gasteiger partial charge < -0.3 is 0 Å². The summed E-state index contributed by atoms with van der Waals surface area (Å²) in [7, 11) is 0. The molecule has 0 fully saturated rings. The lowest BCUT2D eigenvalue weighted by Gasteiger charge is -2.44. The summed E-state index contributed by atoms with van der Waals surface area (Å²) < 4.78 is 0. The maximum Gasteiger partial charge on any atom is 0.220 e. The summed E-state index contributed by atoms with van der Waals surface area (Å²) >= 11 is 27.5. The molecular formula is C42H28Cl4N4. The van der Waals surface area contributed by atoms with Crippen molar-refractivity contribution in [1.29, 1.82) is 0 Å². The van der Waals surface area contributed by atoms with Crippen LogP contribution < -0.4 is 5.32 Å². The minimum atomic E-state index is -1.53. The molecule has 244 valence electrons. The van der Waals surface area contributed by atoms with Gasteiger partial charge in [-0.1, -0.05) is 180 Å². The largest absolute Gasteiger partial charge is 0.267 e. The Bertz CT molecular complexity index is 2250. The van der Waals surface area contributed by atoms with Crippen molar-refractivity contribution in [1.82, 2.24) is 5.32 Å². The number of rotatable bonds is 7. The van der Waals surface area contributed by atoms with E-state index in [2.05, 4.69) is 41.7 Å². The van der Waals surface area contributed by atoms with E-state index in [-0.39, 0.29) is 0 Å². The van der Waals surface area contributed by atoms with Gasteiger partial charge in [0, 0.05) is 36.8 Å². The first-order chi connectivity index (χ1) is 24.4. The molecule has 0 bridgehead atoms. The van der Waals surface area contributed by atoms with Gasteiger partial charge in [0.05, 0.1) is 17.6 Å². The summed E-state index contributed by atoms with van der Waals surface area (Å²) in [5.41, 5.74) is 2.30. The van der Waals surface area contributed by atoms with Gasteiger partial charge in [-0.2, -0.15) is 0 Å².